The number of benzene rings is 1. The Balaban J connectivity index is 1.95. The molecule has 0 bridgehead atoms. The van der Waals surface area contributed by atoms with E-state index in [1.54, 1.807) is 34.6 Å². The molecule has 0 aromatic heterocycles. The molecular formula is C19H24N2O4S. The van der Waals surface area contributed by atoms with E-state index in [0.29, 0.717) is 31.5 Å². The van der Waals surface area contributed by atoms with Crippen molar-refractivity contribution in [2.24, 2.45) is 0 Å². The lowest BCUT2D eigenvalue weighted by molar-refractivity contribution is -0.137. The summed E-state index contributed by atoms with van der Waals surface area (Å²) in [7, 11) is -3.46. The minimum Gasteiger partial charge on any atom is -0.462 e. The first-order valence-corrected chi connectivity index (χ1v) is 10.3. The Morgan fingerprint density at radius 2 is 1.81 bits per heavy atom. The normalized spacial score (nSPS) is 16.1. The van der Waals surface area contributed by atoms with Gasteiger partial charge in [0.15, 0.2) is 0 Å². The van der Waals surface area contributed by atoms with Gasteiger partial charge in [-0.25, -0.2) is 13.2 Å². The Kier molecular flexibility index (Phi) is 7.82. The van der Waals surface area contributed by atoms with Gasteiger partial charge in [-0.05, 0) is 43.0 Å². The van der Waals surface area contributed by atoms with Crippen molar-refractivity contribution in [1.29, 1.82) is 5.26 Å². The maximum atomic E-state index is 12.7. The van der Waals surface area contributed by atoms with Crippen LogP contribution < -0.4 is 0 Å². The molecule has 0 amide bonds. The van der Waals surface area contributed by atoms with E-state index in [9.17, 15) is 13.2 Å². The van der Waals surface area contributed by atoms with Crippen LogP contribution in [0.3, 0.4) is 0 Å². The van der Waals surface area contributed by atoms with Crippen LogP contribution in [-0.4, -0.2) is 38.4 Å². The van der Waals surface area contributed by atoms with E-state index in [2.05, 4.69) is 0 Å². The van der Waals surface area contributed by atoms with Crippen LogP contribution >= 0.6 is 0 Å². The number of rotatable bonds is 7. The van der Waals surface area contributed by atoms with Gasteiger partial charge in [0.05, 0.1) is 17.6 Å². The molecule has 140 valence electrons. The van der Waals surface area contributed by atoms with Crippen molar-refractivity contribution < 1.29 is 17.9 Å². The Morgan fingerprint density at radius 1 is 1.15 bits per heavy atom. The highest BCUT2D eigenvalue weighted by molar-refractivity contribution is 7.89. The van der Waals surface area contributed by atoms with Gasteiger partial charge in [-0.15, -0.1) is 0 Å². The topological polar surface area (TPSA) is 87.5 Å². The Labute approximate surface area is 155 Å². The van der Waals surface area contributed by atoms with Crippen molar-refractivity contribution in [2.45, 2.75) is 43.4 Å². The van der Waals surface area contributed by atoms with Crippen molar-refractivity contribution in [3.8, 4) is 6.07 Å². The number of carbonyl (C=O) groups excluding carboxylic acids is 1. The Hall–Kier alpha value is -2.17. The summed E-state index contributed by atoms with van der Waals surface area (Å²) in [5, 5.41) is 8.41. The monoisotopic (exact) mass is 376 g/mol. The first-order valence-electron chi connectivity index (χ1n) is 8.86. The first kappa shape index (κ1) is 20.1. The molecule has 1 aliphatic rings. The molecule has 0 N–H and O–H groups in total. The number of ether oxygens (including phenoxy) is 1. The van der Waals surface area contributed by atoms with E-state index in [-0.39, 0.29) is 11.5 Å². The summed E-state index contributed by atoms with van der Waals surface area (Å²) in [6.45, 7) is 1.35. The third-order valence-electron chi connectivity index (χ3n) is 4.17. The fourth-order valence-corrected chi connectivity index (χ4v) is 4.24. The molecule has 1 aromatic rings. The Bertz CT molecular complexity index is 756. The van der Waals surface area contributed by atoms with Gasteiger partial charge in [0, 0.05) is 25.6 Å². The van der Waals surface area contributed by atoms with E-state index < -0.39 is 16.0 Å². The lowest BCUT2D eigenvalue weighted by Gasteiger charge is -2.19. The highest BCUT2D eigenvalue weighted by atomic mass is 32.2. The average molecular weight is 376 g/mol. The van der Waals surface area contributed by atoms with Crippen LogP contribution in [0, 0.1) is 11.3 Å². The van der Waals surface area contributed by atoms with Crippen LogP contribution in [0.1, 0.15) is 44.1 Å². The molecule has 0 unspecified atom stereocenters. The number of esters is 1. The van der Waals surface area contributed by atoms with Gasteiger partial charge in [0.1, 0.15) is 0 Å². The van der Waals surface area contributed by atoms with Gasteiger partial charge in [-0.1, -0.05) is 25.0 Å². The van der Waals surface area contributed by atoms with Gasteiger partial charge < -0.3 is 4.74 Å². The smallest absolute Gasteiger partial charge is 0.330 e. The second kappa shape index (κ2) is 10.1. The van der Waals surface area contributed by atoms with E-state index >= 15 is 0 Å². The SMILES string of the molecule is N#CCCCOC(=O)/C=C/c1ccc(S(=O)(=O)N2CCCCCC2)cc1. The summed E-state index contributed by atoms with van der Waals surface area (Å²) in [6, 6.07) is 8.46. The zero-order valence-electron chi connectivity index (χ0n) is 14.8. The maximum absolute atomic E-state index is 12.7. The first-order chi connectivity index (χ1) is 12.5. The van der Waals surface area contributed by atoms with Crippen LogP contribution in [-0.2, 0) is 19.6 Å². The second-order valence-corrected chi connectivity index (χ2v) is 8.09. The number of hydrogen-bond donors (Lipinski definition) is 0. The summed E-state index contributed by atoms with van der Waals surface area (Å²) in [6.07, 6.45) is 7.68. The molecular weight excluding hydrogens is 352 g/mol. The molecule has 1 heterocycles. The quantitative estimate of drug-likeness (QED) is 0.414. The van der Waals surface area contributed by atoms with Crippen molar-refractivity contribution >= 4 is 22.1 Å². The van der Waals surface area contributed by atoms with Gasteiger partial charge in [0.25, 0.3) is 0 Å². The van der Waals surface area contributed by atoms with Crippen LogP contribution in [0.25, 0.3) is 6.08 Å². The fourth-order valence-electron chi connectivity index (χ4n) is 2.72. The molecule has 6 nitrogen and oxygen atoms in total. The number of carbonyl (C=O) groups is 1. The predicted molar refractivity (Wildman–Crippen MR) is 98.5 cm³/mol. The minimum absolute atomic E-state index is 0.212. The van der Waals surface area contributed by atoms with Crippen LogP contribution in [0.4, 0.5) is 0 Å². The van der Waals surface area contributed by atoms with E-state index in [0.717, 1.165) is 25.7 Å². The van der Waals surface area contributed by atoms with Crippen molar-refractivity contribution in [3.63, 3.8) is 0 Å². The lowest BCUT2D eigenvalue weighted by atomic mass is 10.2. The van der Waals surface area contributed by atoms with Crippen molar-refractivity contribution in [1.82, 2.24) is 4.31 Å². The molecule has 26 heavy (non-hydrogen) atoms. The number of sulfonamides is 1. The van der Waals surface area contributed by atoms with E-state index in [1.165, 1.54) is 6.08 Å². The predicted octanol–water partition coefficient (Wildman–Crippen LogP) is 3.11. The summed E-state index contributed by atoms with van der Waals surface area (Å²) in [4.78, 5) is 11.8. The zero-order chi connectivity index (χ0) is 18.8. The summed E-state index contributed by atoms with van der Waals surface area (Å²) < 4.78 is 31.9. The summed E-state index contributed by atoms with van der Waals surface area (Å²) >= 11 is 0. The number of nitriles is 1. The number of hydrogen-bond acceptors (Lipinski definition) is 5. The van der Waals surface area contributed by atoms with Gasteiger partial charge in [-0.3, -0.25) is 0 Å². The van der Waals surface area contributed by atoms with Gasteiger partial charge in [0.2, 0.25) is 10.0 Å². The zero-order valence-corrected chi connectivity index (χ0v) is 15.6. The van der Waals surface area contributed by atoms with Gasteiger partial charge >= 0.3 is 5.97 Å². The van der Waals surface area contributed by atoms with Crippen LogP contribution in [0.2, 0.25) is 0 Å². The number of nitrogens with zero attached hydrogens (tertiary/aromatic N) is 2. The molecule has 1 fully saturated rings. The molecule has 0 atom stereocenters. The second-order valence-electron chi connectivity index (χ2n) is 6.15. The average Bonchev–Trinajstić information content (AvgIpc) is 2.94. The molecule has 0 spiro atoms. The van der Waals surface area contributed by atoms with Crippen LogP contribution in [0.15, 0.2) is 35.2 Å². The summed E-state index contributed by atoms with van der Waals surface area (Å²) in [5.74, 6) is -0.482. The lowest BCUT2D eigenvalue weighted by Crippen LogP contribution is -2.31. The molecule has 1 aliphatic heterocycles. The molecule has 7 heteroatoms. The van der Waals surface area contributed by atoms with Crippen molar-refractivity contribution in [3.05, 3.63) is 35.9 Å². The third kappa shape index (κ3) is 5.97. The molecule has 1 aromatic carbocycles. The highest BCUT2D eigenvalue weighted by Gasteiger charge is 2.24. The molecule has 0 saturated carbocycles. The standard InChI is InChI=1S/C19H24N2O4S/c20-13-3-6-16-25-19(22)12-9-17-7-10-18(11-8-17)26(23,24)21-14-4-1-2-5-15-21/h7-12H,1-6,14-16H2/b12-9+. The molecule has 0 aliphatic carbocycles. The highest BCUT2D eigenvalue weighted by Crippen LogP contribution is 2.21. The summed E-state index contributed by atoms with van der Waals surface area (Å²) in [5.41, 5.74) is 0.716. The Morgan fingerprint density at radius 3 is 2.42 bits per heavy atom. The molecule has 0 radical (unpaired) electrons. The van der Waals surface area contributed by atoms with E-state index in [4.69, 9.17) is 10.00 Å². The number of unbranched alkanes of at least 4 members (excludes halogenated alkanes) is 1. The molecule has 2 rings (SSSR count). The van der Waals surface area contributed by atoms with E-state index in [1.807, 2.05) is 6.07 Å². The minimum atomic E-state index is -3.46. The largest absolute Gasteiger partial charge is 0.462 e. The maximum Gasteiger partial charge on any atom is 0.330 e. The third-order valence-corrected chi connectivity index (χ3v) is 6.08. The molecule has 1 saturated heterocycles. The van der Waals surface area contributed by atoms with Gasteiger partial charge in [-0.2, -0.15) is 9.57 Å². The fraction of sp³-hybridized carbons (Fsp3) is 0.474. The van der Waals surface area contributed by atoms with Crippen molar-refractivity contribution in [2.75, 3.05) is 19.7 Å². The van der Waals surface area contributed by atoms with Crippen LogP contribution in [0.5, 0.6) is 0 Å².